The van der Waals surface area contributed by atoms with Gasteiger partial charge in [-0.25, -0.2) is 9.07 Å². The summed E-state index contributed by atoms with van der Waals surface area (Å²) < 4.78 is 15.6. The lowest BCUT2D eigenvalue weighted by Crippen LogP contribution is -2.54. The minimum absolute atomic E-state index is 0.0547. The van der Waals surface area contributed by atoms with E-state index in [-0.39, 0.29) is 11.8 Å². The first-order valence-electron chi connectivity index (χ1n) is 10.8. The molecule has 0 bridgehead atoms. The first kappa shape index (κ1) is 20.4. The highest BCUT2D eigenvalue weighted by molar-refractivity contribution is 5.95. The maximum atomic E-state index is 13.6. The number of likely N-dealkylation sites (tertiary alicyclic amines) is 1. The molecule has 0 unspecified atom stereocenters. The summed E-state index contributed by atoms with van der Waals surface area (Å²) in [5.41, 5.74) is 1.76. The molecule has 0 atom stereocenters. The molecule has 164 valence electrons. The Morgan fingerprint density at radius 1 is 1.12 bits per heavy atom. The van der Waals surface area contributed by atoms with Gasteiger partial charge in [0.25, 0.3) is 5.91 Å². The van der Waals surface area contributed by atoms with Gasteiger partial charge in [-0.15, -0.1) is 0 Å². The van der Waals surface area contributed by atoms with E-state index in [0.717, 1.165) is 17.1 Å². The number of anilines is 1. The van der Waals surface area contributed by atoms with Gasteiger partial charge in [-0.2, -0.15) is 5.10 Å². The van der Waals surface area contributed by atoms with Gasteiger partial charge in [0.05, 0.1) is 24.2 Å². The molecule has 1 aromatic carbocycles. The number of rotatable bonds is 3. The van der Waals surface area contributed by atoms with Crippen molar-refractivity contribution in [1.82, 2.24) is 19.7 Å². The zero-order chi connectivity index (χ0) is 22.3. The number of aryl methyl sites for hydroxylation is 1. The van der Waals surface area contributed by atoms with Crippen LogP contribution in [0.25, 0.3) is 0 Å². The maximum absolute atomic E-state index is 13.6. The number of carbonyl (C=O) groups excluding carboxylic acids is 2. The second-order valence-electron chi connectivity index (χ2n) is 8.59. The van der Waals surface area contributed by atoms with Crippen LogP contribution in [0.1, 0.15) is 40.9 Å². The van der Waals surface area contributed by atoms with E-state index in [0.29, 0.717) is 44.5 Å². The Bertz CT molecular complexity index is 1170. The summed E-state index contributed by atoms with van der Waals surface area (Å²) in [6, 6.07) is 11.5. The molecular weight excluding hydrogens is 409 g/mol. The molecule has 0 N–H and O–H groups in total. The Morgan fingerprint density at radius 3 is 2.59 bits per heavy atom. The van der Waals surface area contributed by atoms with Crippen molar-refractivity contribution in [3.05, 3.63) is 77.5 Å². The molecule has 8 heteroatoms. The highest BCUT2D eigenvalue weighted by Gasteiger charge is 2.46. The normalized spacial score (nSPS) is 17.5. The quantitative estimate of drug-likeness (QED) is 0.636. The van der Waals surface area contributed by atoms with Crippen LogP contribution in [0, 0.1) is 12.7 Å². The molecule has 1 spiro atoms. The van der Waals surface area contributed by atoms with E-state index in [1.54, 1.807) is 34.3 Å². The third-order valence-corrected chi connectivity index (χ3v) is 6.46. The summed E-state index contributed by atoms with van der Waals surface area (Å²) in [5, 5.41) is 4.75. The lowest BCUT2D eigenvalue weighted by atomic mass is 9.82. The third kappa shape index (κ3) is 3.55. The van der Waals surface area contributed by atoms with Gasteiger partial charge in [-0.1, -0.05) is 6.07 Å². The molecule has 1 fully saturated rings. The minimum atomic E-state index is -0.450. The largest absolute Gasteiger partial charge is 0.338 e. The number of pyridine rings is 1. The van der Waals surface area contributed by atoms with Crippen LogP contribution in [-0.4, -0.2) is 44.6 Å². The van der Waals surface area contributed by atoms with E-state index < -0.39 is 11.4 Å². The summed E-state index contributed by atoms with van der Waals surface area (Å²) in [6.07, 6.45) is 5.03. The summed E-state index contributed by atoms with van der Waals surface area (Å²) in [5.74, 6) is 0.241. The van der Waals surface area contributed by atoms with Gasteiger partial charge in [-0.05, 0) is 55.7 Å². The fourth-order valence-electron chi connectivity index (χ4n) is 4.77. The Kier molecular flexibility index (Phi) is 5.00. The van der Waals surface area contributed by atoms with E-state index >= 15 is 0 Å². The number of carbonyl (C=O) groups is 2. The number of benzene rings is 1. The van der Waals surface area contributed by atoms with Crippen molar-refractivity contribution in [1.29, 1.82) is 0 Å². The minimum Gasteiger partial charge on any atom is -0.338 e. The van der Waals surface area contributed by atoms with Crippen molar-refractivity contribution in [2.24, 2.45) is 0 Å². The number of nitrogens with zero attached hydrogens (tertiary/aromatic N) is 5. The van der Waals surface area contributed by atoms with Crippen LogP contribution in [-0.2, 0) is 16.9 Å². The molecule has 0 radical (unpaired) electrons. The van der Waals surface area contributed by atoms with Gasteiger partial charge < -0.3 is 4.90 Å². The van der Waals surface area contributed by atoms with E-state index in [1.165, 1.54) is 12.1 Å². The maximum Gasteiger partial charge on any atom is 0.253 e. The van der Waals surface area contributed by atoms with Gasteiger partial charge in [0.2, 0.25) is 5.91 Å². The van der Waals surface area contributed by atoms with Crippen LogP contribution in [0.3, 0.4) is 0 Å². The van der Waals surface area contributed by atoms with Crippen LogP contribution >= 0.6 is 0 Å². The summed E-state index contributed by atoms with van der Waals surface area (Å²) in [7, 11) is 0. The van der Waals surface area contributed by atoms with Gasteiger partial charge >= 0.3 is 0 Å². The van der Waals surface area contributed by atoms with Crippen molar-refractivity contribution in [2.75, 3.05) is 18.0 Å². The standard InChI is InChI=1S/C24H24FN5O2/c1-17-13-21-29(16-18-5-9-26-10-6-18)22(31)15-24(30(21)27-17)7-11-28(12-8-24)23(32)19-3-2-4-20(25)14-19/h2-6,9-10,13-14H,7-8,11-12,15-16H2,1H3. The summed E-state index contributed by atoms with van der Waals surface area (Å²) in [4.78, 5) is 33.7. The number of hydrogen-bond acceptors (Lipinski definition) is 4. The van der Waals surface area contributed by atoms with Crippen LogP contribution < -0.4 is 4.90 Å². The smallest absolute Gasteiger partial charge is 0.253 e. The van der Waals surface area contributed by atoms with Crippen molar-refractivity contribution < 1.29 is 14.0 Å². The van der Waals surface area contributed by atoms with Gasteiger partial charge in [0.1, 0.15) is 11.6 Å². The zero-order valence-electron chi connectivity index (χ0n) is 17.9. The zero-order valence-corrected chi connectivity index (χ0v) is 17.9. The van der Waals surface area contributed by atoms with Crippen molar-refractivity contribution in [2.45, 2.75) is 38.3 Å². The highest BCUT2D eigenvalue weighted by Crippen LogP contribution is 2.42. The average molecular weight is 433 g/mol. The Hall–Kier alpha value is -3.55. The molecule has 2 aliphatic heterocycles. The lowest BCUT2D eigenvalue weighted by Gasteiger charge is -2.46. The number of hydrogen-bond donors (Lipinski definition) is 0. The first-order valence-corrected chi connectivity index (χ1v) is 10.8. The molecule has 0 aliphatic carbocycles. The molecule has 0 saturated carbocycles. The molecule has 1 saturated heterocycles. The number of piperidine rings is 1. The van der Waals surface area contributed by atoms with Crippen molar-refractivity contribution in [3.63, 3.8) is 0 Å². The fourth-order valence-corrected chi connectivity index (χ4v) is 4.77. The van der Waals surface area contributed by atoms with E-state index in [4.69, 9.17) is 5.10 Å². The molecule has 7 nitrogen and oxygen atoms in total. The summed E-state index contributed by atoms with van der Waals surface area (Å²) in [6.45, 7) is 3.38. The number of halogens is 1. The molecule has 2 aromatic heterocycles. The summed E-state index contributed by atoms with van der Waals surface area (Å²) >= 11 is 0. The number of fused-ring (bicyclic) bond motifs is 2. The first-order chi connectivity index (χ1) is 15.4. The monoisotopic (exact) mass is 433 g/mol. The highest BCUT2D eigenvalue weighted by atomic mass is 19.1. The van der Waals surface area contributed by atoms with Crippen LogP contribution in [0.5, 0.6) is 0 Å². The molecular formula is C24H24FN5O2. The van der Waals surface area contributed by atoms with Gasteiger partial charge in [0.15, 0.2) is 0 Å². The van der Waals surface area contributed by atoms with Crippen LogP contribution in [0.4, 0.5) is 10.2 Å². The Balaban J connectivity index is 1.39. The van der Waals surface area contributed by atoms with E-state index in [9.17, 15) is 14.0 Å². The third-order valence-electron chi connectivity index (χ3n) is 6.46. The van der Waals surface area contributed by atoms with Crippen molar-refractivity contribution in [3.8, 4) is 0 Å². The molecule has 2 aliphatic rings. The number of amides is 2. The SMILES string of the molecule is Cc1cc2n(n1)C1(CCN(C(=O)c3cccc(F)c3)CC1)CC(=O)N2Cc1ccncc1. The molecule has 4 heterocycles. The van der Waals surface area contributed by atoms with Crippen LogP contribution in [0.15, 0.2) is 54.9 Å². The predicted octanol–water partition coefficient (Wildman–Crippen LogP) is 3.29. The molecule has 32 heavy (non-hydrogen) atoms. The van der Waals surface area contributed by atoms with Crippen molar-refractivity contribution >= 4 is 17.6 Å². The second-order valence-corrected chi connectivity index (χ2v) is 8.59. The fraction of sp³-hybridized carbons (Fsp3) is 0.333. The average Bonchev–Trinajstić information content (AvgIpc) is 3.20. The Labute approximate surface area is 185 Å². The lowest BCUT2D eigenvalue weighted by molar-refractivity contribution is -0.123. The Morgan fingerprint density at radius 2 is 1.88 bits per heavy atom. The van der Waals surface area contributed by atoms with E-state index in [2.05, 4.69) is 4.98 Å². The number of aromatic nitrogens is 3. The van der Waals surface area contributed by atoms with Gasteiger partial charge in [0, 0.05) is 37.1 Å². The van der Waals surface area contributed by atoms with Gasteiger partial charge in [-0.3, -0.25) is 19.5 Å². The second kappa shape index (κ2) is 7.85. The molecule has 2 amide bonds. The topological polar surface area (TPSA) is 71.3 Å². The van der Waals surface area contributed by atoms with E-state index in [1.807, 2.05) is 29.8 Å². The molecule has 3 aromatic rings. The predicted molar refractivity (Wildman–Crippen MR) is 117 cm³/mol. The molecule has 5 rings (SSSR count). The van der Waals surface area contributed by atoms with Crippen LogP contribution in [0.2, 0.25) is 0 Å².